The summed E-state index contributed by atoms with van der Waals surface area (Å²) in [6.07, 6.45) is 2.31. The van der Waals surface area contributed by atoms with E-state index in [2.05, 4.69) is 185 Å². The molecule has 0 radical (unpaired) electrons. The molecule has 0 saturated heterocycles. The Morgan fingerprint density at radius 1 is 0.480 bits per heavy atom. The lowest BCUT2D eigenvalue weighted by molar-refractivity contribution is -0.602. The second-order valence-corrected chi connectivity index (χ2v) is 13.6. The van der Waals surface area contributed by atoms with E-state index in [9.17, 15) is 0 Å². The van der Waals surface area contributed by atoms with Crippen molar-refractivity contribution in [2.75, 3.05) is 0 Å². The first kappa shape index (κ1) is 27.5. The molecule has 4 heterocycles. The minimum Gasteiger partial charge on any atom is -0.309 e. The minimum atomic E-state index is 0.197. The fourth-order valence-corrected chi connectivity index (χ4v) is 8.66. The van der Waals surface area contributed by atoms with Crippen LogP contribution in [-0.2, 0) is 0 Å². The van der Waals surface area contributed by atoms with Crippen molar-refractivity contribution in [2.45, 2.75) is 6.04 Å². The Morgan fingerprint density at radius 3 is 1.76 bits per heavy atom. The van der Waals surface area contributed by atoms with Gasteiger partial charge in [0, 0.05) is 38.4 Å². The molecule has 3 nitrogen and oxygen atoms in total. The standard InChI is InChI=1S/C47H31N3/c1-29-25-45-46(48-41-18-9-8-15-35(29)41)37-17-10-16-36-38-27-32(21-24-44(38)50(45)47(36)37)33-20-23-43-40(28-33)39-26-31(30-11-4-2-5-12-30)19-22-42(39)49(43)34-13-6-3-7-14-34/h2-28,46,48H,1H2/p+1. The molecule has 2 aliphatic heterocycles. The van der Waals surface area contributed by atoms with Crippen LogP contribution in [0.15, 0.2) is 170 Å². The van der Waals surface area contributed by atoms with Crippen molar-refractivity contribution in [3.8, 4) is 27.9 Å². The van der Waals surface area contributed by atoms with Crippen LogP contribution in [0.1, 0.15) is 17.2 Å². The lowest BCUT2D eigenvalue weighted by atomic mass is 9.98. The minimum absolute atomic E-state index is 0.197. The zero-order valence-electron chi connectivity index (χ0n) is 27.3. The van der Waals surface area contributed by atoms with Gasteiger partial charge in [-0.15, -0.1) is 0 Å². The van der Waals surface area contributed by atoms with Crippen molar-refractivity contribution in [2.24, 2.45) is 0 Å². The Hall–Kier alpha value is -6.42. The first-order valence-electron chi connectivity index (χ1n) is 17.3. The van der Waals surface area contributed by atoms with E-state index in [0.29, 0.717) is 0 Å². The maximum Gasteiger partial charge on any atom is 0.159 e. The number of hydrogen-bond donors (Lipinski definition) is 1. The van der Waals surface area contributed by atoms with Gasteiger partial charge in [0.15, 0.2) is 6.04 Å². The van der Waals surface area contributed by atoms with Crippen LogP contribution < -0.4 is 5.32 Å². The zero-order valence-corrected chi connectivity index (χ0v) is 27.3. The highest BCUT2D eigenvalue weighted by Gasteiger charge is 2.37. The lowest BCUT2D eigenvalue weighted by Crippen LogP contribution is -2.79. The molecular formula is C47H32N3+. The van der Waals surface area contributed by atoms with Gasteiger partial charge in [0.05, 0.1) is 27.8 Å². The van der Waals surface area contributed by atoms with Gasteiger partial charge in [-0.3, -0.25) is 0 Å². The van der Waals surface area contributed by atoms with Crippen LogP contribution in [0, 0.1) is 0 Å². The molecule has 0 spiro atoms. The molecular weight excluding hydrogens is 607 g/mol. The summed E-state index contributed by atoms with van der Waals surface area (Å²) in [6.45, 7) is 4.50. The summed E-state index contributed by atoms with van der Waals surface area (Å²) in [5.41, 5.74) is 17.2. The van der Waals surface area contributed by atoms with Gasteiger partial charge in [0.1, 0.15) is 5.69 Å². The van der Waals surface area contributed by atoms with Gasteiger partial charge in [-0.05, 0) is 94.6 Å². The molecule has 0 fully saturated rings. The Labute approximate surface area is 289 Å². The van der Waals surface area contributed by atoms with E-state index in [1.165, 1.54) is 94.1 Å². The number of rotatable bonds is 3. The molecule has 0 saturated carbocycles. The number of aromatic nitrogens is 2. The quantitative estimate of drug-likeness (QED) is 0.186. The van der Waals surface area contributed by atoms with Gasteiger partial charge in [-0.25, -0.2) is 0 Å². The Kier molecular flexibility index (Phi) is 5.66. The summed E-state index contributed by atoms with van der Waals surface area (Å²) in [7, 11) is 0. The van der Waals surface area contributed by atoms with Crippen LogP contribution in [-0.4, -0.2) is 9.13 Å². The molecule has 1 unspecified atom stereocenters. The van der Waals surface area contributed by atoms with Crippen LogP contribution in [0.2, 0.25) is 0 Å². The molecule has 0 amide bonds. The van der Waals surface area contributed by atoms with E-state index in [-0.39, 0.29) is 6.04 Å². The molecule has 2 aromatic heterocycles. The number of nitrogens with zero attached hydrogens (tertiary/aromatic N) is 2. The molecule has 2 aliphatic rings. The molecule has 2 N–H and O–H groups in total. The van der Waals surface area contributed by atoms with Crippen molar-refractivity contribution >= 4 is 60.6 Å². The molecule has 3 heteroatoms. The number of hydrogen-bond acceptors (Lipinski definition) is 0. The molecule has 7 aromatic carbocycles. The molecule has 1 atom stereocenters. The SMILES string of the molecule is C=C1C=C2C([NH2+]c3ccccc31)c1cccc3c4cc(-c5ccc6c(c5)c5cc(-c7ccccc7)ccc5n6-c5ccccc5)ccc4n2c13. The highest BCUT2D eigenvalue weighted by atomic mass is 15.1. The number of para-hydroxylation sites is 3. The molecule has 11 rings (SSSR count). The maximum absolute atomic E-state index is 4.50. The van der Waals surface area contributed by atoms with E-state index in [1.54, 1.807) is 0 Å². The van der Waals surface area contributed by atoms with Crippen molar-refractivity contribution in [3.63, 3.8) is 0 Å². The summed E-state index contributed by atoms with van der Waals surface area (Å²) in [6, 6.07) is 57.9. The number of allylic oxidation sites excluding steroid dienone is 2. The predicted octanol–water partition coefficient (Wildman–Crippen LogP) is 11.0. The Bertz CT molecular complexity index is 2900. The highest BCUT2D eigenvalue weighted by molar-refractivity contribution is 6.16. The summed E-state index contributed by atoms with van der Waals surface area (Å²) in [5, 5.41) is 7.52. The normalized spacial score (nSPS) is 15.1. The van der Waals surface area contributed by atoms with Crippen molar-refractivity contribution < 1.29 is 5.32 Å². The van der Waals surface area contributed by atoms with Crippen molar-refractivity contribution in [1.82, 2.24) is 9.13 Å². The number of nitrogens with two attached hydrogens (primary N) is 1. The van der Waals surface area contributed by atoms with Gasteiger partial charge < -0.3 is 14.5 Å². The van der Waals surface area contributed by atoms with E-state index in [4.69, 9.17) is 0 Å². The number of benzene rings is 7. The highest BCUT2D eigenvalue weighted by Crippen LogP contribution is 2.47. The predicted molar refractivity (Wildman–Crippen MR) is 209 cm³/mol. The van der Waals surface area contributed by atoms with Gasteiger partial charge in [-0.2, -0.15) is 0 Å². The van der Waals surface area contributed by atoms with Gasteiger partial charge in [0.25, 0.3) is 0 Å². The van der Waals surface area contributed by atoms with Gasteiger partial charge >= 0.3 is 0 Å². The zero-order chi connectivity index (χ0) is 32.9. The van der Waals surface area contributed by atoms with E-state index in [0.717, 1.165) is 5.57 Å². The average Bonchev–Trinajstić information content (AvgIpc) is 3.75. The topological polar surface area (TPSA) is 26.5 Å². The average molecular weight is 639 g/mol. The third-order valence-corrected chi connectivity index (χ3v) is 10.9. The van der Waals surface area contributed by atoms with Crippen molar-refractivity contribution in [3.05, 3.63) is 182 Å². The summed E-state index contributed by atoms with van der Waals surface area (Å²) < 4.78 is 4.89. The molecule has 0 aliphatic carbocycles. The number of fused-ring (bicyclic) bond motifs is 10. The summed E-state index contributed by atoms with van der Waals surface area (Å²) in [5.74, 6) is 0. The monoisotopic (exact) mass is 638 g/mol. The van der Waals surface area contributed by atoms with Crippen LogP contribution in [0.5, 0.6) is 0 Å². The summed E-state index contributed by atoms with van der Waals surface area (Å²) >= 11 is 0. The largest absolute Gasteiger partial charge is 0.309 e. The van der Waals surface area contributed by atoms with Crippen molar-refractivity contribution in [1.29, 1.82) is 0 Å². The second kappa shape index (κ2) is 10.3. The maximum atomic E-state index is 4.50. The first-order valence-corrected chi connectivity index (χ1v) is 17.3. The van der Waals surface area contributed by atoms with E-state index in [1.807, 2.05) is 0 Å². The summed E-state index contributed by atoms with van der Waals surface area (Å²) in [4.78, 5) is 0. The Balaban J connectivity index is 1.11. The molecule has 50 heavy (non-hydrogen) atoms. The molecule has 9 aromatic rings. The van der Waals surface area contributed by atoms with E-state index < -0.39 is 0 Å². The molecule has 0 bridgehead atoms. The number of quaternary nitrogens is 1. The van der Waals surface area contributed by atoms with E-state index >= 15 is 0 Å². The van der Waals surface area contributed by atoms with Crippen LogP contribution in [0.3, 0.4) is 0 Å². The van der Waals surface area contributed by atoms with Crippen LogP contribution >= 0.6 is 0 Å². The molecule has 234 valence electrons. The smallest absolute Gasteiger partial charge is 0.159 e. The first-order chi connectivity index (χ1) is 24.7. The van der Waals surface area contributed by atoms with Crippen LogP contribution in [0.4, 0.5) is 5.69 Å². The third kappa shape index (κ3) is 3.84. The lowest BCUT2D eigenvalue weighted by Gasteiger charge is -2.13. The second-order valence-electron chi connectivity index (χ2n) is 13.6. The fraction of sp³-hybridized carbons (Fsp3) is 0.0213. The third-order valence-electron chi connectivity index (χ3n) is 10.9. The fourth-order valence-electron chi connectivity index (χ4n) is 8.66. The van der Waals surface area contributed by atoms with Gasteiger partial charge in [-0.1, -0.05) is 104 Å². The van der Waals surface area contributed by atoms with Crippen LogP contribution in [0.25, 0.3) is 82.8 Å². The van der Waals surface area contributed by atoms with Gasteiger partial charge in [0.2, 0.25) is 0 Å². The Morgan fingerprint density at radius 2 is 1.06 bits per heavy atom.